The summed E-state index contributed by atoms with van der Waals surface area (Å²) in [6, 6.07) is 7.28. The minimum Gasteiger partial charge on any atom is -0.399 e. The largest absolute Gasteiger partial charge is 0.399 e. The molecule has 132 valence electrons. The average molecular weight is 332 g/mol. The highest BCUT2D eigenvalue weighted by Crippen LogP contribution is 2.14. The van der Waals surface area contributed by atoms with Crippen LogP contribution >= 0.6 is 0 Å². The minimum absolute atomic E-state index is 0.0205. The lowest BCUT2D eigenvalue weighted by molar-refractivity contribution is 0.0760. The Labute approximate surface area is 144 Å². The molecular weight excluding hydrogens is 304 g/mol. The molecule has 0 bridgehead atoms. The van der Waals surface area contributed by atoms with E-state index in [1.807, 2.05) is 35.5 Å². The van der Waals surface area contributed by atoms with Gasteiger partial charge >= 0.3 is 6.03 Å². The van der Waals surface area contributed by atoms with Crippen LogP contribution in [0.25, 0.3) is 0 Å². The van der Waals surface area contributed by atoms with Crippen molar-refractivity contribution >= 4 is 17.6 Å². The number of amides is 3. The van der Waals surface area contributed by atoms with Gasteiger partial charge in [-0.3, -0.25) is 4.79 Å². The van der Waals surface area contributed by atoms with Crippen molar-refractivity contribution in [2.45, 2.75) is 33.2 Å². The van der Waals surface area contributed by atoms with E-state index in [1.165, 1.54) is 0 Å². The molecule has 24 heavy (non-hydrogen) atoms. The fourth-order valence-corrected chi connectivity index (χ4v) is 3.07. The number of carbonyl (C=O) groups excluding carboxylic acids is 2. The molecule has 0 aliphatic carbocycles. The molecule has 2 rings (SSSR count). The Hall–Kier alpha value is -2.24. The number of nitrogen functional groups attached to an aromatic ring is 1. The summed E-state index contributed by atoms with van der Waals surface area (Å²) in [6.07, 6.45) is 0.787. The van der Waals surface area contributed by atoms with Gasteiger partial charge in [0.05, 0.1) is 0 Å². The predicted molar refractivity (Wildman–Crippen MR) is 95.9 cm³/mol. The summed E-state index contributed by atoms with van der Waals surface area (Å²) >= 11 is 0. The van der Waals surface area contributed by atoms with Crippen LogP contribution in [0.3, 0.4) is 0 Å². The van der Waals surface area contributed by atoms with Gasteiger partial charge in [0.2, 0.25) is 0 Å². The third kappa shape index (κ3) is 4.19. The third-order valence-electron chi connectivity index (χ3n) is 4.40. The summed E-state index contributed by atoms with van der Waals surface area (Å²) in [5, 5.41) is 0. The van der Waals surface area contributed by atoms with E-state index >= 15 is 0 Å². The van der Waals surface area contributed by atoms with Gasteiger partial charge in [-0.25, -0.2) is 4.79 Å². The third-order valence-corrected chi connectivity index (χ3v) is 4.40. The Balaban J connectivity index is 2.02. The molecule has 2 N–H and O–H groups in total. The smallest absolute Gasteiger partial charge is 0.320 e. The first-order chi connectivity index (χ1) is 11.4. The van der Waals surface area contributed by atoms with Crippen LogP contribution in [0, 0.1) is 0 Å². The number of nitrogens with two attached hydrogens (primary N) is 1. The summed E-state index contributed by atoms with van der Waals surface area (Å²) < 4.78 is 0. The van der Waals surface area contributed by atoms with Gasteiger partial charge in [0.15, 0.2) is 0 Å². The zero-order chi connectivity index (χ0) is 17.7. The van der Waals surface area contributed by atoms with Gasteiger partial charge < -0.3 is 20.4 Å². The first kappa shape index (κ1) is 18.1. The van der Waals surface area contributed by atoms with Crippen LogP contribution in [0.1, 0.15) is 37.6 Å². The van der Waals surface area contributed by atoms with Crippen LogP contribution in [0.4, 0.5) is 10.5 Å². The van der Waals surface area contributed by atoms with Crippen LogP contribution in [0.15, 0.2) is 24.3 Å². The molecule has 1 aliphatic rings. The van der Waals surface area contributed by atoms with Crippen molar-refractivity contribution < 1.29 is 9.59 Å². The van der Waals surface area contributed by atoms with Crippen molar-refractivity contribution in [1.82, 2.24) is 14.7 Å². The summed E-state index contributed by atoms with van der Waals surface area (Å²) in [7, 11) is 0. The van der Waals surface area contributed by atoms with Gasteiger partial charge in [-0.05, 0) is 45.4 Å². The molecule has 3 amide bonds. The van der Waals surface area contributed by atoms with E-state index in [9.17, 15) is 9.59 Å². The Bertz CT molecular complexity index is 588. The highest BCUT2D eigenvalue weighted by Gasteiger charge is 2.26. The number of hydrogen-bond donors (Lipinski definition) is 1. The molecule has 1 saturated heterocycles. The van der Waals surface area contributed by atoms with Crippen molar-refractivity contribution in [3.05, 3.63) is 29.8 Å². The summed E-state index contributed by atoms with van der Waals surface area (Å²) in [5.41, 5.74) is 6.96. The van der Waals surface area contributed by atoms with Crippen LogP contribution in [0.2, 0.25) is 0 Å². The molecule has 0 saturated carbocycles. The van der Waals surface area contributed by atoms with E-state index < -0.39 is 0 Å². The summed E-state index contributed by atoms with van der Waals surface area (Å²) in [6.45, 7) is 9.19. The Morgan fingerprint density at radius 2 is 1.83 bits per heavy atom. The maximum absolute atomic E-state index is 12.6. The lowest BCUT2D eigenvalue weighted by Crippen LogP contribution is -2.47. The SMILES string of the molecule is CCN(C(=O)N1CCCN(C(=O)c2cccc(N)c2)CC1)C(C)C. The highest BCUT2D eigenvalue weighted by atomic mass is 16.2. The molecule has 1 aliphatic heterocycles. The lowest BCUT2D eigenvalue weighted by atomic mass is 10.1. The van der Waals surface area contributed by atoms with Crippen LogP contribution in [-0.2, 0) is 0 Å². The Kier molecular flexibility index (Phi) is 6.06. The first-order valence-electron chi connectivity index (χ1n) is 8.64. The van der Waals surface area contributed by atoms with E-state index in [1.54, 1.807) is 24.3 Å². The molecule has 0 unspecified atom stereocenters. The Morgan fingerprint density at radius 3 is 2.46 bits per heavy atom. The lowest BCUT2D eigenvalue weighted by Gasteiger charge is -2.32. The second-order valence-electron chi connectivity index (χ2n) is 6.42. The maximum Gasteiger partial charge on any atom is 0.320 e. The van der Waals surface area contributed by atoms with Gasteiger partial charge in [-0.15, -0.1) is 0 Å². The fourth-order valence-electron chi connectivity index (χ4n) is 3.07. The van der Waals surface area contributed by atoms with Crippen LogP contribution in [-0.4, -0.2) is 65.4 Å². The van der Waals surface area contributed by atoms with Gasteiger partial charge in [0, 0.05) is 50.0 Å². The molecule has 6 heteroatoms. The molecule has 6 nitrogen and oxygen atoms in total. The first-order valence-corrected chi connectivity index (χ1v) is 8.64. The number of benzene rings is 1. The standard InChI is InChI=1S/C18H28N4O2/c1-4-22(14(2)3)18(24)21-10-6-9-20(11-12-21)17(23)15-7-5-8-16(19)13-15/h5,7-8,13-14H,4,6,9-12,19H2,1-3H3. The number of urea groups is 1. The van der Waals surface area contributed by atoms with E-state index in [-0.39, 0.29) is 18.0 Å². The maximum atomic E-state index is 12.6. The van der Waals surface area contributed by atoms with Crippen LogP contribution in [0.5, 0.6) is 0 Å². The number of hydrogen-bond acceptors (Lipinski definition) is 3. The van der Waals surface area contributed by atoms with Gasteiger partial charge in [0.1, 0.15) is 0 Å². The minimum atomic E-state index is -0.0205. The molecule has 0 radical (unpaired) electrons. The van der Waals surface area contributed by atoms with E-state index in [2.05, 4.69) is 0 Å². The quantitative estimate of drug-likeness (QED) is 0.863. The second kappa shape index (κ2) is 8.04. The van der Waals surface area contributed by atoms with Crippen molar-refractivity contribution in [2.75, 3.05) is 38.5 Å². The molecule has 0 aromatic heterocycles. The number of rotatable bonds is 3. The van der Waals surface area contributed by atoms with E-state index in [4.69, 9.17) is 5.73 Å². The van der Waals surface area contributed by atoms with E-state index in [0.29, 0.717) is 44.0 Å². The molecule has 1 fully saturated rings. The summed E-state index contributed by atoms with van der Waals surface area (Å²) in [4.78, 5) is 30.8. The fraction of sp³-hybridized carbons (Fsp3) is 0.556. The van der Waals surface area contributed by atoms with Crippen molar-refractivity contribution in [3.63, 3.8) is 0 Å². The second-order valence-corrected chi connectivity index (χ2v) is 6.42. The summed E-state index contributed by atoms with van der Waals surface area (Å²) in [5.74, 6) is -0.0205. The topological polar surface area (TPSA) is 69.9 Å². The van der Waals surface area contributed by atoms with Crippen molar-refractivity contribution in [2.24, 2.45) is 0 Å². The molecule has 1 aromatic rings. The predicted octanol–water partition coefficient (Wildman–Crippen LogP) is 2.27. The van der Waals surface area contributed by atoms with E-state index in [0.717, 1.165) is 6.42 Å². The molecule has 1 aromatic carbocycles. The molecule has 0 atom stereocenters. The normalized spacial score (nSPS) is 15.3. The van der Waals surface area contributed by atoms with Gasteiger partial charge in [0.25, 0.3) is 5.91 Å². The molecular formula is C18H28N4O2. The number of nitrogens with zero attached hydrogens (tertiary/aromatic N) is 3. The zero-order valence-corrected chi connectivity index (χ0v) is 14.9. The number of anilines is 1. The van der Waals surface area contributed by atoms with Crippen LogP contribution < -0.4 is 5.73 Å². The monoisotopic (exact) mass is 332 g/mol. The van der Waals surface area contributed by atoms with Crippen molar-refractivity contribution in [3.8, 4) is 0 Å². The molecule has 1 heterocycles. The zero-order valence-electron chi connectivity index (χ0n) is 14.9. The highest BCUT2D eigenvalue weighted by molar-refractivity contribution is 5.95. The Morgan fingerprint density at radius 1 is 1.17 bits per heavy atom. The average Bonchev–Trinajstić information content (AvgIpc) is 2.80. The van der Waals surface area contributed by atoms with Gasteiger partial charge in [-0.1, -0.05) is 6.07 Å². The van der Waals surface area contributed by atoms with Crippen molar-refractivity contribution in [1.29, 1.82) is 0 Å². The van der Waals surface area contributed by atoms with Gasteiger partial charge in [-0.2, -0.15) is 0 Å². The molecule has 0 spiro atoms. The number of carbonyl (C=O) groups is 2.